The molecule has 1 unspecified atom stereocenters. The van der Waals surface area contributed by atoms with E-state index in [0.29, 0.717) is 5.76 Å². The highest BCUT2D eigenvalue weighted by molar-refractivity contribution is 5.91. The van der Waals surface area contributed by atoms with Crippen LogP contribution in [0.2, 0.25) is 0 Å². The number of benzene rings is 2. The summed E-state index contributed by atoms with van der Waals surface area (Å²) in [5, 5.41) is 2.78. The lowest BCUT2D eigenvalue weighted by atomic mass is 10.0. The number of esters is 1. The zero-order valence-electron chi connectivity index (χ0n) is 13.7. The molecule has 1 aromatic heterocycles. The summed E-state index contributed by atoms with van der Waals surface area (Å²) in [5.74, 6) is -1.07. The predicted octanol–water partition coefficient (Wildman–Crippen LogP) is 3.48. The second-order valence-corrected chi connectivity index (χ2v) is 5.51. The summed E-state index contributed by atoms with van der Waals surface area (Å²) >= 11 is 0. The summed E-state index contributed by atoms with van der Waals surface area (Å²) < 4.78 is 23.3. The van der Waals surface area contributed by atoms with Crippen LogP contribution in [0.15, 0.2) is 77.4 Å². The maximum Gasteiger partial charge on any atom is 0.338 e. The molecule has 3 rings (SSSR count). The third-order valence-corrected chi connectivity index (χ3v) is 3.68. The van der Waals surface area contributed by atoms with Gasteiger partial charge in [-0.1, -0.05) is 30.3 Å². The number of halogens is 1. The number of amides is 1. The van der Waals surface area contributed by atoms with Gasteiger partial charge in [0.2, 0.25) is 0 Å². The van der Waals surface area contributed by atoms with Crippen molar-refractivity contribution < 1.29 is 23.1 Å². The van der Waals surface area contributed by atoms with Gasteiger partial charge < -0.3 is 14.5 Å². The van der Waals surface area contributed by atoms with E-state index in [4.69, 9.17) is 9.15 Å². The van der Waals surface area contributed by atoms with Gasteiger partial charge in [0.05, 0.1) is 11.8 Å². The van der Waals surface area contributed by atoms with E-state index < -0.39 is 30.3 Å². The summed E-state index contributed by atoms with van der Waals surface area (Å²) in [6, 6.07) is 17.2. The zero-order valence-corrected chi connectivity index (χ0v) is 13.7. The van der Waals surface area contributed by atoms with Gasteiger partial charge in [-0.3, -0.25) is 4.79 Å². The van der Waals surface area contributed by atoms with E-state index in [9.17, 15) is 14.0 Å². The van der Waals surface area contributed by atoms with Crippen LogP contribution in [0.1, 0.15) is 27.7 Å². The first kappa shape index (κ1) is 17.4. The molecule has 2 aromatic carbocycles. The molecule has 1 heterocycles. The lowest BCUT2D eigenvalue weighted by molar-refractivity contribution is -0.124. The molecule has 0 radical (unpaired) electrons. The molecule has 132 valence electrons. The molecule has 6 heteroatoms. The van der Waals surface area contributed by atoms with E-state index in [1.54, 1.807) is 12.1 Å². The van der Waals surface area contributed by atoms with Gasteiger partial charge in [-0.25, -0.2) is 9.18 Å². The Morgan fingerprint density at radius 3 is 2.38 bits per heavy atom. The highest BCUT2D eigenvalue weighted by Crippen LogP contribution is 2.22. The Balaban J connectivity index is 1.63. The van der Waals surface area contributed by atoms with E-state index in [0.717, 1.165) is 17.7 Å². The highest BCUT2D eigenvalue weighted by Gasteiger charge is 2.20. The molecule has 0 bridgehead atoms. The summed E-state index contributed by atoms with van der Waals surface area (Å²) in [4.78, 5) is 24.1. The molecule has 0 saturated heterocycles. The molecule has 26 heavy (non-hydrogen) atoms. The first-order valence-corrected chi connectivity index (χ1v) is 7.94. The summed E-state index contributed by atoms with van der Waals surface area (Å²) in [6.07, 6.45) is 1.52. The molecule has 1 N–H and O–H groups in total. The summed E-state index contributed by atoms with van der Waals surface area (Å²) in [5.41, 5.74) is 1.01. The smallest absolute Gasteiger partial charge is 0.338 e. The van der Waals surface area contributed by atoms with Gasteiger partial charge in [0.15, 0.2) is 6.61 Å². The second-order valence-electron chi connectivity index (χ2n) is 5.51. The van der Waals surface area contributed by atoms with Crippen molar-refractivity contribution in [2.45, 2.75) is 6.04 Å². The molecule has 0 aliphatic rings. The Morgan fingerprint density at radius 2 is 1.73 bits per heavy atom. The third-order valence-electron chi connectivity index (χ3n) is 3.68. The maximum absolute atomic E-state index is 12.9. The number of furan rings is 1. The monoisotopic (exact) mass is 353 g/mol. The average Bonchev–Trinajstić information content (AvgIpc) is 3.20. The van der Waals surface area contributed by atoms with Crippen LogP contribution in [0.25, 0.3) is 0 Å². The van der Waals surface area contributed by atoms with Crippen molar-refractivity contribution in [2.75, 3.05) is 6.61 Å². The fourth-order valence-corrected chi connectivity index (χ4v) is 2.42. The largest absolute Gasteiger partial charge is 0.467 e. The van der Waals surface area contributed by atoms with Crippen molar-refractivity contribution in [3.8, 4) is 0 Å². The Labute approximate surface area is 149 Å². The average molecular weight is 353 g/mol. The number of nitrogens with one attached hydrogen (secondary N) is 1. The number of carbonyl (C=O) groups is 2. The van der Waals surface area contributed by atoms with Crippen LogP contribution >= 0.6 is 0 Å². The van der Waals surface area contributed by atoms with Gasteiger partial charge >= 0.3 is 5.97 Å². The van der Waals surface area contributed by atoms with Crippen LogP contribution in [-0.2, 0) is 9.53 Å². The van der Waals surface area contributed by atoms with Crippen molar-refractivity contribution >= 4 is 11.9 Å². The Kier molecular flexibility index (Phi) is 5.43. The molecule has 0 fully saturated rings. The summed E-state index contributed by atoms with van der Waals surface area (Å²) in [7, 11) is 0. The lowest BCUT2D eigenvalue weighted by Gasteiger charge is -2.17. The first-order valence-electron chi connectivity index (χ1n) is 7.94. The van der Waals surface area contributed by atoms with Gasteiger partial charge in [0, 0.05) is 0 Å². The van der Waals surface area contributed by atoms with Gasteiger partial charge in [-0.15, -0.1) is 0 Å². The molecule has 0 aliphatic heterocycles. The van der Waals surface area contributed by atoms with Crippen LogP contribution in [0, 0.1) is 5.82 Å². The van der Waals surface area contributed by atoms with E-state index in [2.05, 4.69) is 5.32 Å². The summed E-state index contributed by atoms with van der Waals surface area (Å²) in [6.45, 7) is -0.458. The van der Waals surface area contributed by atoms with Gasteiger partial charge in [0.25, 0.3) is 5.91 Å². The number of hydrogen-bond donors (Lipinski definition) is 1. The predicted molar refractivity (Wildman–Crippen MR) is 91.8 cm³/mol. The molecule has 0 saturated carbocycles. The van der Waals surface area contributed by atoms with E-state index in [-0.39, 0.29) is 5.56 Å². The van der Waals surface area contributed by atoms with E-state index in [1.165, 1.54) is 18.4 Å². The normalized spacial score (nSPS) is 11.6. The molecular formula is C20H16FNO4. The Bertz CT molecular complexity index is 861. The van der Waals surface area contributed by atoms with E-state index >= 15 is 0 Å². The highest BCUT2D eigenvalue weighted by atomic mass is 19.1. The van der Waals surface area contributed by atoms with Crippen LogP contribution in [0.5, 0.6) is 0 Å². The number of carbonyl (C=O) groups excluding carboxylic acids is 2. The van der Waals surface area contributed by atoms with Crippen molar-refractivity contribution in [1.82, 2.24) is 5.32 Å². The zero-order chi connectivity index (χ0) is 18.4. The van der Waals surface area contributed by atoms with Gasteiger partial charge in [-0.2, -0.15) is 0 Å². The fourth-order valence-electron chi connectivity index (χ4n) is 2.42. The van der Waals surface area contributed by atoms with Crippen LogP contribution in [0.3, 0.4) is 0 Å². The van der Waals surface area contributed by atoms with Crippen LogP contribution < -0.4 is 5.32 Å². The fraction of sp³-hybridized carbons (Fsp3) is 0.100. The minimum absolute atomic E-state index is 0.171. The van der Waals surface area contributed by atoms with Crippen molar-refractivity contribution in [2.24, 2.45) is 0 Å². The Hall–Kier alpha value is -3.41. The van der Waals surface area contributed by atoms with Crippen molar-refractivity contribution in [3.05, 3.63) is 95.7 Å². The SMILES string of the molecule is O=C(COC(=O)c1ccc(F)cc1)NC(c1ccccc1)c1ccco1. The maximum atomic E-state index is 12.9. The number of hydrogen-bond acceptors (Lipinski definition) is 4. The van der Waals surface area contributed by atoms with Gasteiger partial charge in [0.1, 0.15) is 17.6 Å². The quantitative estimate of drug-likeness (QED) is 0.689. The molecule has 1 atom stereocenters. The Morgan fingerprint density at radius 1 is 1.00 bits per heavy atom. The first-order chi connectivity index (χ1) is 12.6. The lowest BCUT2D eigenvalue weighted by Crippen LogP contribution is -2.33. The van der Waals surface area contributed by atoms with Crippen LogP contribution in [0.4, 0.5) is 4.39 Å². The molecule has 5 nitrogen and oxygen atoms in total. The molecule has 0 aliphatic carbocycles. The molecular weight excluding hydrogens is 337 g/mol. The third kappa shape index (κ3) is 4.36. The van der Waals surface area contributed by atoms with Gasteiger partial charge in [-0.05, 0) is 42.0 Å². The number of ether oxygens (including phenoxy) is 1. The molecule has 3 aromatic rings. The van der Waals surface area contributed by atoms with Crippen molar-refractivity contribution in [1.29, 1.82) is 0 Å². The number of rotatable bonds is 6. The van der Waals surface area contributed by atoms with Crippen molar-refractivity contribution in [3.63, 3.8) is 0 Å². The topological polar surface area (TPSA) is 68.5 Å². The standard InChI is InChI=1S/C20H16FNO4/c21-16-10-8-15(9-11-16)20(24)26-13-18(23)22-19(17-7-4-12-25-17)14-5-2-1-3-6-14/h1-12,19H,13H2,(H,22,23). The molecule has 1 amide bonds. The second kappa shape index (κ2) is 8.11. The molecule has 0 spiro atoms. The minimum Gasteiger partial charge on any atom is -0.467 e. The minimum atomic E-state index is -0.700. The van der Waals surface area contributed by atoms with E-state index in [1.807, 2.05) is 30.3 Å². The van der Waals surface area contributed by atoms with Crippen LogP contribution in [-0.4, -0.2) is 18.5 Å².